The Balaban J connectivity index is 2.14. The Hall–Kier alpha value is -1.02. The number of phenols is 1. The lowest BCUT2D eigenvalue weighted by Crippen LogP contribution is -2.35. The third kappa shape index (κ3) is 2.56. The fourth-order valence-electron chi connectivity index (χ4n) is 2.64. The molecule has 1 saturated heterocycles. The highest BCUT2D eigenvalue weighted by Crippen LogP contribution is 2.23. The number of rotatable bonds is 2. The van der Waals surface area contributed by atoms with Crippen LogP contribution in [-0.4, -0.2) is 17.7 Å². The number of phenolic OH excluding ortho intramolecular Hbond substituents is 1. The van der Waals surface area contributed by atoms with E-state index < -0.39 is 0 Å². The SMILES string of the molecule is Cc1cc(O)cc(C)c1CC1CCCCN1. The first kappa shape index (κ1) is 11.5. The van der Waals surface area contributed by atoms with Gasteiger partial charge in [-0.3, -0.25) is 0 Å². The summed E-state index contributed by atoms with van der Waals surface area (Å²) < 4.78 is 0. The largest absolute Gasteiger partial charge is 0.508 e. The van der Waals surface area contributed by atoms with Crippen molar-refractivity contribution in [1.82, 2.24) is 5.32 Å². The smallest absolute Gasteiger partial charge is 0.116 e. The molecular formula is C14H21NO. The summed E-state index contributed by atoms with van der Waals surface area (Å²) in [6.07, 6.45) is 5.02. The number of aromatic hydroxyl groups is 1. The van der Waals surface area contributed by atoms with E-state index in [1.54, 1.807) is 0 Å². The van der Waals surface area contributed by atoms with Crippen molar-refractivity contribution in [1.29, 1.82) is 0 Å². The molecular weight excluding hydrogens is 198 g/mol. The van der Waals surface area contributed by atoms with E-state index in [2.05, 4.69) is 19.2 Å². The average molecular weight is 219 g/mol. The van der Waals surface area contributed by atoms with Crippen molar-refractivity contribution < 1.29 is 5.11 Å². The summed E-state index contributed by atoms with van der Waals surface area (Å²) >= 11 is 0. The number of nitrogens with one attached hydrogen (secondary N) is 1. The molecule has 0 radical (unpaired) electrons. The normalized spacial score (nSPS) is 21.0. The van der Waals surface area contributed by atoms with E-state index in [1.165, 1.54) is 36.0 Å². The van der Waals surface area contributed by atoms with Crippen LogP contribution in [0, 0.1) is 13.8 Å². The maximum Gasteiger partial charge on any atom is 0.116 e. The highest BCUT2D eigenvalue weighted by atomic mass is 16.3. The number of hydrogen-bond donors (Lipinski definition) is 2. The van der Waals surface area contributed by atoms with Gasteiger partial charge in [0.2, 0.25) is 0 Å². The van der Waals surface area contributed by atoms with Gasteiger partial charge in [-0.2, -0.15) is 0 Å². The second kappa shape index (κ2) is 4.88. The lowest BCUT2D eigenvalue weighted by Gasteiger charge is -2.25. The van der Waals surface area contributed by atoms with Gasteiger partial charge in [0.1, 0.15) is 5.75 Å². The third-order valence-corrected chi connectivity index (χ3v) is 3.54. The predicted molar refractivity (Wildman–Crippen MR) is 66.9 cm³/mol. The van der Waals surface area contributed by atoms with Crippen LogP contribution < -0.4 is 5.32 Å². The molecule has 1 aliphatic heterocycles. The summed E-state index contributed by atoms with van der Waals surface area (Å²) in [6.45, 7) is 5.33. The van der Waals surface area contributed by atoms with Crippen LogP contribution in [-0.2, 0) is 6.42 Å². The van der Waals surface area contributed by atoms with Gasteiger partial charge in [0.05, 0.1) is 0 Å². The van der Waals surface area contributed by atoms with Crippen LogP contribution in [0.15, 0.2) is 12.1 Å². The highest BCUT2D eigenvalue weighted by Gasteiger charge is 2.15. The molecule has 1 aliphatic rings. The number of hydrogen-bond acceptors (Lipinski definition) is 2. The third-order valence-electron chi connectivity index (χ3n) is 3.54. The fraction of sp³-hybridized carbons (Fsp3) is 0.571. The number of aryl methyl sites for hydroxylation is 2. The Morgan fingerprint density at radius 3 is 2.50 bits per heavy atom. The Morgan fingerprint density at radius 2 is 1.94 bits per heavy atom. The van der Waals surface area contributed by atoms with Gasteiger partial charge in [-0.05, 0) is 68.5 Å². The number of piperidine rings is 1. The highest BCUT2D eigenvalue weighted by molar-refractivity contribution is 5.40. The molecule has 0 bridgehead atoms. The summed E-state index contributed by atoms with van der Waals surface area (Å²) in [5.41, 5.74) is 3.83. The molecule has 1 aromatic rings. The van der Waals surface area contributed by atoms with E-state index in [9.17, 15) is 5.11 Å². The van der Waals surface area contributed by atoms with Crippen molar-refractivity contribution in [3.63, 3.8) is 0 Å². The lowest BCUT2D eigenvalue weighted by atomic mass is 9.92. The zero-order chi connectivity index (χ0) is 11.5. The van der Waals surface area contributed by atoms with E-state index in [1.807, 2.05) is 12.1 Å². The van der Waals surface area contributed by atoms with Gasteiger partial charge in [-0.15, -0.1) is 0 Å². The van der Waals surface area contributed by atoms with Crippen LogP contribution in [0.3, 0.4) is 0 Å². The van der Waals surface area contributed by atoms with Crippen LogP contribution in [0.4, 0.5) is 0 Å². The van der Waals surface area contributed by atoms with Gasteiger partial charge in [-0.25, -0.2) is 0 Å². The van der Waals surface area contributed by atoms with Crippen LogP contribution in [0.25, 0.3) is 0 Å². The average Bonchev–Trinajstić information content (AvgIpc) is 2.25. The van der Waals surface area contributed by atoms with Gasteiger partial charge in [0.25, 0.3) is 0 Å². The minimum absolute atomic E-state index is 0.385. The molecule has 16 heavy (non-hydrogen) atoms. The van der Waals surface area contributed by atoms with Crippen LogP contribution in [0.5, 0.6) is 5.75 Å². The molecule has 0 amide bonds. The van der Waals surface area contributed by atoms with Crippen molar-refractivity contribution in [2.45, 2.75) is 45.6 Å². The van der Waals surface area contributed by atoms with Gasteiger partial charge >= 0.3 is 0 Å². The monoisotopic (exact) mass is 219 g/mol. The molecule has 2 N–H and O–H groups in total. The Kier molecular flexibility index (Phi) is 3.49. The first-order valence-corrected chi connectivity index (χ1v) is 6.19. The van der Waals surface area contributed by atoms with Crippen molar-refractivity contribution in [3.8, 4) is 5.75 Å². The predicted octanol–water partition coefficient (Wildman–Crippen LogP) is 2.69. The van der Waals surface area contributed by atoms with Crippen LogP contribution in [0.1, 0.15) is 36.0 Å². The quantitative estimate of drug-likeness (QED) is 0.801. The zero-order valence-electron chi connectivity index (χ0n) is 10.2. The summed E-state index contributed by atoms with van der Waals surface area (Å²) in [7, 11) is 0. The van der Waals surface area contributed by atoms with Crippen LogP contribution >= 0.6 is 0 Å². The van der Waals surface area contributed by atoms with Crippen molar-refractivity contribution in [2.24, 2.45) is 0 Å². The molecule has 1 unspecified atom stereocenters. The molecule has 2 nitrogen and oxygen atoms in total. The minimum Gasteiger partial charge on any atom is -0.508 e. The fourth-order valence-corrected chi connectivity index (χ4v) is 2.64. The van der Waals surface area contributed by atoms with Gasteiger partial charge in [0.15, 0.2) is 0 Å². The van der Waals surface area contributed by atoms with Crippen molar-refractivity contribution in [3.05, 3.63) is 28.8 Å². The molecule has 1 aromatic carbocycles. The lowest BCUT2D eigenvalue weighted by molar-refractivity contribution is 0.398. The topological polar surface area (TPSA) is 32.3 Å². The number of benzene rings is 1. The summed E-state index contributed by atoms with van der Waals surface area (Å²) in [6, 6.07) is 4.35. The van der Waals surface area contributed by atoms with Crippen molar-refractivity contribution >= 4 is 0 Å². The standard InChI is InChI=1S/C14H21NO/c1-10-7-13(16)8-11(2)14(10)9-12-5-3-4-6-15-12/h7-8,12,15-16H,3-6,9H2,1-2H3. The second-order valence-electron chi connectivity index (χ2n) is 4.91. The summed E-state index contributed by atoms with van der Waals surface area (Å²) in [5.74, 6) is 0.385. The Labute approximate surface area is 97.7 Å². The maximum absolute atomic E-state index is 9.51. The molecule has 0 saturated carbocycles. The van der Waals surface area contributed by atoms with E-state index in [-0.39, 0.29) is 0 Å². The van der Waals surface area contributed by atoms with E-state index in [4.69, 9.17) is 0 Å². The van der Waals surface area contributed by atoms with E-state index in [0.717, 1.165) is 13.0 Å². The zero-order valence-corrected chi connectivity index (χ0v) is 10.2. The molecule has 2 heteroatoms. The first-order chi connectivity index (χ1) is 7.66. The van der Waals surface area contributed by atoms with Gasteiger partial charge < -0.3 is 10.4 Å². The Bertz CT molecular complexity index is 344. The van der Waals surface area contributed by atoms with Gasteiger partial charge in [-0.1, -0.05) is 6.42 Å². The molecule has 1 fully saturated rings. The van der Waals surface area contributed by atoms with Crippen molar-refractivity contribution in [2.75, 3.05) is 6.54 Å². The molecule has 0 aromatic heterocycles. The second-order valence-corrected chi connectivity index (χ2v) is 4.91. The van der Waals surface area contributed by atoms with E-state index in [0.29, 0.717) is 11.8 Å². The first-order valence-electron chi connectivity index (χ1n) is 6.19. The molecule has 0 aliphatic carbocycles. The van der Waals surface area contributed by atoms with Crippen LogP contribution in [0.2, 0.25) is 0 Å². The molecule has 0 spiro atoms. The summed E-state index contributed by atoms with van der Waals surface area (Å²) in [4.78, 5) is 0. The molecule has 1 heterocycles. The maximum atomic E-state index is 9.51. The summed E-state index contributed by atoms with van der Waals surface area (Å²) in [5, 5.41) is 13.1. The Morgan fingerprint density at radius 1 is 1.25 bits per heavy atom. The molecule has 1 atom stereocenters. The van der Waals surface area contributed by atoms with E-state index >= 15 is 0 Å². The minimum atomic E-state index is 0.385. The molecule has 88 valence electrons. The van der Waals surface area contributed by atoms with Gasteiger partial charge in [0, 0.05) is 6.04 Å². The molecule has 2 rings (SSSR count).